The smallest absolute Gasteiger partial charge is 0.0552 e. The topological polar surface area (TPSA) is 29.3 Å². The van der Waals surface area contributed by atoms with Gasteiger partial charge < -0.3 is 10.6 Å². The quantitative estimate of drug-likeness (QED) is 0.900. The fourth-order valence-corrected chi connectivity index (χ4v) is 4.11. The second-order valence-corrected chi connectivity index (χ2v) is 6.50. The lowest BCUT2D eigenvalue weighted by molar-refractivity contribution is 0.140. The van der Waals surface area contributed by atoms with Gasteiger partial charge in [-0.25, -0.2) is 0 Å². The van der Waals surface area contributed by atoms with Crippen molar-refractivity contribution in [1.82, 2.24) is 0 Å². The number of hydrogen-bond acceptors (Lipinski definition) is 2. The van der Waals surface area contributed by atoms with Crippen LogP contribution < -0.4 is 10.6 Å². The molecule has 2 rings (SSSR count). The molecule has 0 aromatic heterocycles. The average molecular weight is 274 g/mol. The monoisotopic (exact) mass is 274 g/mol. The molecule has 0 amide bonds. The van der Waals surface area contributed by atoms with Gasteiger partial charge >= 0.3 is 0 Å². The summed E-state index contributed by atoms with van der Waals surface area (Å²) in [6, 6.07) is 8.72. The van der Waals surface area contributed by atoms with Crippen LogP contribution in [0.4, 0.5) is 5.69 Å². The highest BCUT2D eigenvalue weighted by atomic mass is 15.2. The first-order valence-corrected chi connectivity index (χ1v) is 8.10. The van der Waals surface area contributed by atoms with E-state index in [-0.39, 0.29) is 5.54 Å². The van der Waals surface area contributed by atoms with Gasteiger partial charge in [0.15, 0.2) is 0 Å². The summed E-state index contributed by atoms with van der Waals surface area (Å²) in [5.74, 6) is 1.39. The first-order chi connectivity index (χ1) is 9.56. The minimum absolute atomic E-state index is 0.124. The van der Waals surface area contributed by atoms with Crippen LogP contribution in [-0.4, -0.2) is 18.6 Å². The van der Waals surface area contributed by atoms with Gasteiger partial charge in [0.25, 0.3) is 0 Å². The van der Waals surface area contributed by atoms with E-state index in [0.29, 0.717) is 5.92 Å². The van der Waals surface area contributed by atoms with Crippen molar-refractivity contribution in [2.45, 2.75) is 52.5 Å². The van der Waals surface area contributed by atoms with Crippen LogP contribution in [0.3, 0.4) is 0 Å². The molecule has 2 heteroatoms. The molecular formula is C18H30N2. The maximum atomic E-state index is 6.31. The minimum Gasteiger partial charge on any atom is -0.364 e. The molecule has 1 aromatic carbocycles. The Hall–Kier alpha value is -1.02. The molecule has 1 aromatic rings. The lowest BCUT2D eigenvalue weighted by Gasteiger charge is -2.53. The van der Waals surface area contributed by atoms with E-state index >= 15 is 0 Å². The summed E-state index contributed by atoms with van der Waals surface area (Å²) >= 11 is 0. The zero-order valence-electron chi connectivity index (χ0n) is 13.5. The molecule has 3 atom stereocenters. The molecule has 0 heterocycles. The Bertz CT molecular complexity index is 443. The van der Waals surface area contributed by atoms with Crippen LogP contribution in [0.1, 0.15) is 45.6 Å². The molecule has 0 saturated heterocycles. The number of para-hydroxylation sites is 1. The molecule has 1 aliphatic carbocycles. The maximum absolute atomic E-state index is 6.31. The second-order valence-electron chi connectivity index (χ2n) is 6.50. The van der Waals surface area contributed by atoms with Gasteiger partial charge in [0, 0.05) is 18.8 Å². The standard InChI is InChI=1S/C18H30N2/c1-5-20(17-11-7-6-9-15(17)3)18(13-19)12-8-10-14(2)16(18)4/h6-7,9,11,14,16H,5,8,10,12-13,19H2,1-4H3. The van der Waals surface area contributed by atoms with E-state index in [2.05, 4.69) is 56.9 Å². The van der Waals surface area contributed by atoms with E-state index in [1.54, 1.807) is 0 Å². The van der Waals surface area contributed by atoms with Crippen molar-refractivity contribution < 1.29 is 0 Å². The predicted octanol–water partition coefficient (Wildman–Crippen LogP) is 3.97. The molecule has 112 valence electrons. The van der Waals surface area contributed by atoms with Crippen molar-refractivity contribution in [3.63, 3.8) is 0 Å². The van der Waals surface area contributed by atoms with Crippen LogP contribution in [0.25, 0.3) is 0 Å². The lowest BCUT2D eigenvalue weighted by Crippen LogP contribution is -2.61. The fourth-order valence-electron chi connectivity index (χ4n) is 4.11. The number of hydrogen-bond donors (Lipinski definition) is 1. The number of anilines is 1. The second kappa shape index (κ2) is 6.17. The Morgan fingerprint density at radius 1 is 1.30 bits per heavy atom. The van der Waals surface area contributed by atoms with E-state index in [1.807, 2.05) is 0 Å². The third-order valence-corrected chi connectivity index (χ3v) is 5.58. The number of nitrogens with two attached hydrogens (primary N) is 1. The number of rotatable bonds is 4. The van der Waals surface area contributed by atoms with Gasteiger partial charge in [-0.15, -0.1) is 0 Å². The summed E-state index contributed by atoms with van der Waals surface area (Å²) in [5, 5.41) is 0. The van der Waals surface area contributed by atoms with Crippen molar-refractivity contribution in [2.75, 3.05) is 18.0 Å². The number of benzene rings is 1. The van der Waals surface area contributed by atoms with Crippen LogP contribution in [0.2, 0.25) is 0 Å². The molecule has 1 fully saturated rings. The van der Waals surface area contributed by atoms with Crippen LogP contribution in [0.15, 0.2) is 24.3 Å². The van der Waals surface area contributed by atoms with Crippen molar-refractivity contribution in [1.29, 1.82) is 0 Å². The van der Waals surface area contributed by atoms with E-state index in [4.69, 9.17) is 5.73 Å². The Morgan fingerprint density at radius 2 is 2.00 bits per heavy atom. The van der Waals surface area contributed by atoms with Gasteiger partial charge in [-0.05, 0) is 43.7 Å². The van der Waals surface area contributed by atoms with Gasteiger partial charge in [-0.1, -0.05) is 44.9 Å². The predicted molar refractivity (Wildman–Crippen MR) is 88.2 cm³/mol. The SMILES string of the molecule is CCN(c1ccccc1C)C1(CN)CCCC(C)C1C. The molecule has 20 heavy (non-hydrogen) atoms. The lowest BCUT2D eigenvalue weighted by atomic mass is 9.67. The average Bonchev–Trinajstić information content (AvgIpc) is 2.46. The molecule has 1 saturated carbocycles. The van der Waals surface area contributed by atoms with Crippen LogP contribution in [0, 0.1) is 18.8 Å². The largest absolute Gasteiger partial charge is 0.364 e. The molecular weight excluding hydrogens is 244 g/mol. The normalized spacial score (nSPS) is 30.2. The number of likely N-dealkylation sites (N-methyl/N-ethyl adjacent to an activating group) is 1. The van der Waals surface area contributed by atoms with Gasteiger partial charge in [-0.3, -0.25) is 0 Å². The summed E-state index contributed by atoms with van der Waals surface area (Å²) in [7, 11) is 0. The van der Waals surface area contributed by atoms with E-state index < -0.39 is 0 Å². The molecule has 0 radical (unpaired) electrons. The Morgan fingerprint density at radius 3 is 2.60 bits per heavy atom. The third kappa shape index (κ3) is 2.46. The number of nitrogens with zero attached hydrogens (tertiary/aromatic N) is 1. The third-order valence-electron chi connectivity index (χ3n) is 5.58. The van der Waals surface area contributed by atoms with Crippen molar-refractivity contribution in [3.05, 3.63) is 29.8 Å². The minimum atomic E-state index is 0.124. The first-order valence-electron chi connectivity index (χ1n) is 8.10. The van der Waals surface area contributed by atoms with E-state index in [9.17, 15) is 0 Å². The highest BCUT2D eigenvalue weighted by Gasteiger charge is 2.44. The summed E-state index contributed by atoms with van der Waals surface area (Å²) in [6.45, 7) is 11.0. The first kappa shape index (κ1) is 15.4. The van der Waals surface area contributed by atoms with Gasteiger partial charge in [0.05, 0.1) is 5.54 Å². The van der Waals surface area contributed by atoms with Crippen molar-refractivity contribution in [3.8, 4) is 0 Å². The Labute approximate surface area is 124 Å². The van der Waals surface area contributed by atoms with Gasteiger partial charge in [0.2, 0.25) is 0 Å². The summed E-state index contributed by atoms with van der Waals surface area (Å²) in [4.78, 5) is 2.59. The van der Waals surface area contributed by atoms with Crippen molar-refractivity contribution in [2.24, 2.45) is 17.6 Å². The highest BCUT2D eigenvalue weighted by Crippen LogP contribution is 2.43. The molecule has 2 nitrogen and oxygen atoms in total. The number of aryl methyl sites for hydroxylation is 1. The molecule has 0 bridgehead atoms. The maximum Gasteiger partial charge on any atom is 0.0552 e. The van der Waals surface area contributed by atoms with Crippen LogP contribution in [0.5, 0.6) is 0 Å². The molecule has 1 aliphatic rings. The van der Waals surface area contributed by atoms with Gasteiger partial charge in [0.1, 0.15) is 0 Å². The summed E-state index contributed by atoms with van der Waals surface area (Å²) < 4.78 is 0. The summed E-state index contributed by atoms with van der Waals surface area (Å²) in [6.07, 6.45) is 3.86. The molecule has 0 aliphatic heterocycles. The van der Waals surface area contributed by atoms with Gasteiger partial charge in [-0.2, -0.15) is 0 Å². The van der Waals surface area contributed by atoms with E-state index in [0.717, 1.165) is 19.0 Å². The zero-order valence-corrected chi connectivity index (χ0v) is 13.5. The summed E-state index contributed by atoms with van der Waals surface area (Å²) in [5.41, 5.74) is 9.15. The fraction of sp³-hybridized carbons (Fsp3) is 0.667. The molecule has 0 spiro atoms. The van der Waals surface area contributed by atoms with E-state index in [1.165, 1.54) is 30.5 Å². The van der Waals surface area contributed by atoms with Crippen LogP contribution in [-0.2, 0) is 0 Å². The molecule has 3 unspecified atom stereocenters. The Balaban J connectivity index is 2.44. The highest BCUT2D eigenvalue weighted by molar-refractivity contribution is 5.55. The van der Waals surface area contributed by atoms with Crippen LogP contribution >= 0.6 is 0 Å². The molecule has 2 N–H and O–H groups in total. The van der Waals surface area contributed by atoms with Crippen molar-refractivity contribution >= 4 is 5.69 Å². The Kier molecular flexibility index (Phi) is 4.74. The zero-order chi connectivity index (χ0) is 14.8.